The van der Waals surface area contributed by atoms with Crippen LogP contribution < -0.4 is 16.8 Å². The fourth-order valence-corrected chi connectivity index (χ4v) is 3.76. The number of nitrogens with zero attached hydrogens (tertiary/aromatic N) is 2. The smallest absolute Gasteiger partial charge is 0.280 e. The van der Waals surface area contributed by atoms with Gasteiger partial charge in [0.05, 0.1) is 4.34 Å². The van der Waals surface area contributed by atoms with Crippen molar-refractivity contribution in [2.45, 2.75) is 0 Å². The molecule has 1 heterocycles. The normalized spacial score (nSPS) is 10.7. The number of benzene rings is 1. The van der Waals surface area contributed by atoms with E-state index in [1.165, 1.54) is 17.4 Å². The summed E-state index contributed by atoms with van der Waals surface area (Å²) in [6.45, 7) is 1.13. The van der Waals surface area contributed by atoms with Gasteiger partial charge in [-0.05, 0) is 43.9 Å². The van der Waals surface area contributed by atoms with Crippen LogP contribution in [0.25, 0.3) is 11.1 Å². The van der Waals surface area contributed by atoms with E-state index in [2.05, 4.69) is 10.3 Å². The molecule has 0 atom stereocenters. The van der Waals surface area contributed by atoms with Crippen LogP contribution >= 0.6 is 34.5 Å². The van der Waals surface area contributed by atoms with Crippen LogP contribution in [0.3, 0.4) is 0 Å². The minimum Gasteiger partial charge on any atom is -0.370 e. The van der Waals surface area contributed by atoms with Crippen molar-refractivity contribution in [2.24, 2.45) is 16.5 Å². The number of guanidine groups is 1. The molecule has 0 spiro atoms. The van der Waals surface area contributed by atoms with Crippen LogP contribution in [0, 0.1) is 0 Å². The maximum atomic E-state index is 12.5. The van der Waals surface area contributed by atoms with Gasteiger partial charge < -0.3 is 21.7 Å². The number of likely N-dealkylation sites (N-methyl/N-ethyl adjacent to an activating group) is 1. The summed E-state index contributed by atoms with van der Waals surface area (Å²) < 4.78 is 0.943. The van der Waals surface area contributed by atoms with Crippen molar-refractivity contribution in [1.29, 1.82) is 0 Å². The lowest BCUT2D eigenvalue weighted by Crippen LogP contribution is -2.31. The van der Waals surface area contributed by atoms with Crippen LogP contribution in [0.2, 0.25) is 8.67 Å². The summed E-state index contributed by atoms with van der Waals surface area (Å²) >= 11 is 13.4. The monoisotopic (exact) mass is 427 g/mol. The first kappa shape index (κ1) is 21.2. The third-order valence-corrected chi connectivity index (χ3v) is 4.97. The lowest BCUT2D eigenvalue weighted by molar-refractivity contribution is 0.0951. The topological polar surface area (TPSA) is 114 Å². The van der Waals surface area contributed by atoms with Gasteiger partial charge in [-0.3, -0.25) is 9.59 Å². The first-order valence-corrected chi connectivity index (χ1v) is 9.42. The Labute approximate surface area is 170 Å². The molecule has 0 unspecified atom stereocenters. The van der Waals surface area contributed by atoms with E-state index >= 15 is 0 Å². The molecule has 144 valence electrons. The second-order valence-electron chi connectivity index (χ2n) is 5.94. The Morgan fingerprint density at radius 3 is 2.37 bits per heavy atom. The molecule has 0 radical (unpaired) electrons. The van der Waals surface area contributed by atoms with Crippen LogP contribution in [0.1, 0.15) is 20.7 Å². The zero-order chi connectivity index (χ0) is 20.1. The highest BCUT2D eigenvalue weighted by molar-refractivity contribution is 7.20. The summed E-state index contributed by atoms with van der Waals surface area (Å²) in [5.41, 5.74) is 12.2. The predicted octanol–water partition coefficient (Wildman–Crippen LogP) is 2.43. The first-order chi connectivity index (χ1) is 12.7. The number of halogens is 2. The third kappa shape index (κ3) is 5.93. The lowest BCUT2D eigenvalue weighted by Gasteiger charge is -2.12. The average molecular weight is 428 g/mol. The number of rotatable bonds is 6. The molecule has 0 aliphatic heterocycles. The molecule has 10 heteroatoms. The number of amides is 2. The molecule has 1 aromatic carbocycles. The van der Waals surface area contributed by atoms with Gasteiger partial charge in [0.25, 0.3) is 11.8 Å². The molecule has 2 rings (SSSR count). The molecule has 27 heavy (non-hydrogen) atoms. The van der Waals surface area contributed by atoms with Crippen LogP contribution in [0.15, 0.2) is 29.3 Å². The highest BCUT2D eigenvalue weighted by atomic mass is 35.5. The van der Waals surface area contributed by atoms with Crippen molar-refractivity contribution in [1.82, 2.24) is 10.2 Å². The van der Waals surface area contributed by atoms with E-state index < -0.39 is 5.91 Å². The standard InChI is InChI=1S/C17H19Cl2N5O2S/c1-24(2)4-3-22-15(25)10-5-9(12-8-13(18)27-14(12)19)6-11(7-10)16(26)23-17(20)21/h5-8H,3-4H2,1-2H3,(H,22,25)(H4,20,21,23,26). The van der Waals surface area contributed by atoms with Gasteiger partial charge >= 0.3 is 0 Å². The van der Waals surface area contributed by atoms with Gasteiger partial charge in [-0.2, -0.15) is 4.99 Å². The molecular weight excluding hydrogens is 409 g/mol. The molecule has 2 amide bonds. The number of nitrogens with two attached hydrogens (primary N) is 2. The van der Waals surface area contributed by atoms with Crippen LogP contribution in [0.4, 0.5) is 0 Å². The minimum atomic E-state index is -0.656. The second kappa shape index (κ2) is 9.18. The summed E-state index contributed by atoms with van der Waals surface area (Å²) in [6.07, 6.45) is 0. The van der Waals surface area contributed by atoms with E-state index in [-0.39, 0.29) is 17.4 Å². The molecular formula is C17H19Cl2N5O2S. The summed E-state index contributed by atoms with van der Waals surface area (Å²) in [4.78, 5) is 30.3. The number of carbonyl (C=O) groups excluding carboxylic acids is 2. The largest absolute Gasteiger partial charge is 0.370 e. The Morgan fingerprint density at radius 2 is 1.81 bits per heavy atom. The lowest BCUT2D eigenvalue weighted by atomic mass is 10.0. The summed E-state index contributed by atoms with van der Waals surface area (Å²) in [5.74, 6) is -1.34. The van der Waals surface area contributed by atoms with Crippen molar-refractivity contribution in [3.63, 3.8) is 0 Å². The van der Waals surface area contributed by atoms with Gasteiger partial charge in [0.1, 0.15) is 4.34 Å². The van der Waals surface area contributed by atoms with E-state index in [9.17, 15) is 9.59 Å². The van der Waals surface area contributed by atoms with Crippen LogP contribution in [-0.4, -0.2) is 49.9 Å². The summed E-state index contributed by atoms with van der Waals surface area (Å²) in [5, 5.41) is 2.80. The number of hydrogen-bond donors (Lipinski definition) is 3. The summed E-state index contributed by atoms with van der Waals surface area (Å²) in [7, 11) is 3.81. The van der Waals surface area contributed by atoms with Gasteiger partial charge in [-0.15, -0.1) is 11.3 Å². The average Bonchev–Trinajstić information content (AvgIpc) is 2.91. The van der Waals surface area contributed by atoms with Gasteiger partial charge in [0.2, 0.25) is 0 Å². The zero-order valence-electron chi connectivity index (χ0n) is 14.8. The van der Waals surface area contributed by atoms with Crippen molar-refractivity contribution in [3.8, 4) is 11.1 Å². The summed E-state index contributed by atoms with van der Waals surface area (Å²) in [6, 6.07) is 6.31. The predicted molar refractivity (Wildman–Crippen MR) is 111 cm³/mol. The molecule has 2 aromatic rings. The molecule has 0 aliphatic carbocycles. The van der Waals surface area contributed by atoms with Gasteiger partial charge in [-0.25, -0.2) is 0 Å². The number of thiophene rings is 1. The minimum absolute atomic E-state index is 0.164. The fraction of sp³-hybridized carbons (Fsp3) is 0.235. The maximum absolute atomic E-state index is 12.5. The number of aliphatic imine (C=N–C) groups is 1. The van der Waals surface area contributed by atoms with E-state index in [1.807, 2.05) is 19.0 Å². The van der Waals surface area contributed by atoms with Crippen molar-refractivity contribution in [3.05, 3.63) is 44.1 Å². The molecule has 0 aliphatic rings. The van der Waals surface area contributed by atoms with Gasteiger partial charge in [-0.1, -0.05) is 23.2 Å². The highest BCUT2D eigenvalue weighted by Crippen LogP contribution is 2.38. The van der Waals surface area contributed by atoms with E-state index in [4.69, 9.17) is 34.7 Å². The SMILES string of the molecule is CN(C)CCNC(=O)c1cc(C(=O)N=C(N)N)cc(-c2cc(Cl)sc2Cl)c1. The van der Waals surface area contributed by atoms with Crippen molar-refractivity contribution in [2.75, 3.05) is 27.2 Å². The third-order valence-electron chi connectivity index (χ3n) is 3.49. The van der Waals surface area contributed by atoms with Crippen LogP contribution in [0.5, 0.6) is 0 Å². The first-order valence-electron chi connectivity index (χ1n) is 7.84. The fourth-order valence-electron chi connectivity index (χ4n) is 2.25. The number of hydrogen-bond acceptors (Lipinski definition) is 4. The molecule has 0 saturated heterocycles. The van der Waals surface area contributed by atoms with Gasteiger partial charge in [0, 0.05) is 29.8 Å². The highest BCUT2D eigenvalue weighted by Gasteiger charge is 2.16. The Morgan fingerprint density at radius 1 is 1.15 bits per heavy atom. The molecule has 5 N–H and O–H groups in total. The Kier molecular flexibility index (Phi) is 7.20. The van der Waals surface area contributed by atoms with Crippen LogP contribution in [-0.2, 0) is 0 Å². The zero-order valence-corrected chi connectivity index (χ0v) is 17.1. The Hall–Kier alpha value is -2.13. The molecule has 0 bridgehead atoms. The number of nitrogens with one attached hydrogen (secondary N) is 1. The van der Waals surface area contributed by atoms with E-state index in [1.54, 1.807) is 18.2 Å². The Bertz CT molecular complexity index is 891. The maximum Gasteiger partial charge on any atom is 0.280 e. The van der Waals surface area contributed by atoms with Crippen molar-refractivity contribution < 1.29 is 9.59 Å². The quantitative estimate of drug-likeness (QED) is 0.483. The van der Waals surface area contributed by atoms with Gasteiger partial charge in [0.15, 0.2) is 5.96 Å². The Balaban J connectivity index is 2.45. The second-order valence-corrected chi connectivity index (χ2v) is 8.22. The molecule has 0 saturated carbocycles. The number of carbonyl (C=O) groups is 2. The van der Waals surface area contributed by atoms with E-state index in [0.717, 1.165) is 0 Å². The van der Waals surface area contributed by atoms with Crippen molar-refractivity contribution >= 4 is 52.3 Å². The molecule has 1 aromatic heterocycles. The molecule has 7 nitrogen and oxygen atoms in total. The van der Waals surface area contributed by atoms with E-state index in [0.29, 0.717) is 38.5 Å². The molecule has 0 fully saturated rings.